The maximum absolute atomic E-state index is 11.1. The number of piperidine rings is 1. The van der Waals surface area contributed by atoms with Crippen LogP contribution >= 0.6 is 0 Å². The van der Waals surface area contributed by atoms with Crippen LogP contribution in [-0.2, 0) is 9.53 Å². The number of hydrogen-bond acceptors (Lipinski definition) is 3. The first kappa shape index (κ1) is 12.5. The number of hydrogen-bond donors (Lipinski definition) is 1. The van der Waals surface area contributed by atoms with Gasteiger partial charge in [-0.2, -0.15) is 0 Å². The van der Waals surface area contributed by atoms with Crippen molar-refractivity contribution in [1.82, 2.24) is 4.90 Å². The first-order valence-electron chi connectivity index (χ1n) is 5.68. The summed E-state index contributed by atoms with van der Waals surface area (Å²) in [6.45, 7) is 3.66. The molecule has 15 heavy (non-hydrogen) atoms. The molecule has 1 heterocycles. The van der Waals surface area contributed by atoms with Gasteiger partial charge in [0.1, 0.15) is 6.04 Å². The van der Waals surface area contributed by atoms with E-state index in [1.54, 1.807) is 7.11 Å². The summed E-state index contributed by atoms with van der Waals surface area (Å²) < 4.78 is 5.29. The molecule has 0 aromatic carbocycles. The maximum atomic E-state index is 11.1. The summed E-state index contributed by atoms with van der Waals surface area (Å²) >= 11 is 0. The number of carboxylic acids is 1. The van der Waals surface area contributed by atoms with Crippen LogP contribution in [0.25, 0.3) is 0 Å². The minimum absolute atomic E-state index is 0.206. The Kier molecular flexibility index (Phi) is 5.05. The van der Waals surface area contributed by atoms with Crippen LogP contribution in [0.3, 0.4) is 0 Å². The summed E-state index contributed by atoms with van der Waals surface area (Å²) in [5, 5.41) is 9.13. The molecule has 4 heteroatoms. The molecular formula is C11H21NO3. The molecular weight excluding hydrogens is 194 g/mol. The van der Waals surface area contributed by atoms with E-state index in [9.17, 15) is 4.79 Å². The highest BCUT2D eigenvalue weighted by Gasteiger charge is 2.29. The molecule has 0 aliphatic carbocycles. The van der Waals surface area contributed by atoms with E-state index in [0.29, 0.717) is 0 Å². The Labute approximate surface area is 91.2 Å². The van der Waals surface area contributed by atoms with Crippen LogP contribution in [0.2, 0.25) is 0 Å². The van der Waals surface area contributed by atoms with Crippen molar-refractivity contribution < 1.29 is 14.6 Å². The Balaban J connectivity index is 2.54. The van der Waals surface area contributed by atoms with Gasteiger partial charge >= 0.3 is 5.97 Å². The van der Waals surface area contributed by atoms with Gasteiger partial charge in [-0.3, -0.25) is 9.69 Å². The van der Waals surface area contributed by atoms with Gasteiger partial charge in [-0.25, -0.2) is 0 Å². The lowest BCUT2D eigenvalue weighted by Crippen LogP contribution is -2.48. The summed E-state index contributed by atoms with van der Waals surface area (Å²) in [5.74, 6) is -0.700. The molecule has 1 rings (SSSR count). The molecule has 1 fully saturated rings. The van der Waals surface area contributed by atoms with E-state index in [0.717, 1.165) is 38.8 Å². The van der Waals surface area contributed by atoms with Crippen LogP contribution in [0.4, 0.5) is 0 Å². The number of likely N-dealkylation sites (tertiary alicyclic amines) is 1. The summed E-state index contributed by atoms with van der Waals surface area (Å²) in [5.41, 5.74) is 0. The van der Waals surface area contributed by atoms with Crippen LogP contribution in [0.15, 0.2) is 0 Å². The Hall–Kier alpha value is -0.610. The minimum Gasteiger partial charge on any atom is -0.480 e. The second-order valence-corrected chi connectivity index (χ2v) is 4.14. The molecule has 2 atom stereocenters. The fraction of sp³-hybridized carbons (Fsp3) is 0.909. The average Bonchev–Trinajstić information content (AvgIpc) is 2.25. The lowest BCUT2D eigenvalue weighted by atomic mass is 10.0. The number of carboxylic acid groups (broad SMARTS) is 1. The highest BCUT2D eigenvalue weighted by atomic mass is 16.5. The van der Waals surface area contributed by atoms with E-state index in [1.165, 1.54) is 0 Å². The molecule has 0 bridgehead atoms. The van der Waals surface area contributed by atoms with E-state index in [-0.39, 0.29) is 12.1 Å². The summed E-state index contributed by atoms with van der Waals surface area (Å²) in [4.78, 5) is 13.1. The third-order valence-corrected chi connectivity index (χ3v) is 3.03. The molecule has 0 amide bonds. The van der Waals surface area contributed by atoms with Crippen molar-refractivity contribution in [2.24, 2.45) is 0 Å². The highest BCUT2D eigenvalue weighted by Crippen LogP contribution is 2.17. The molecule has 0 radical (unpaired) electrons. The van der Waals surface area contributed by atoms with Gasteiger partial charge in [0.15, 0.2) is 0 Å². The topological polar surface area (TPSA) is 49.8 Å². The van der Waals surface area contributed by atoms with E-state index in [4.69, 9.17) is 9.84 Å². The molecule has 2 unspecified atom stereocenters. The van der Waals surface area contributed by atoms with E-state index in [1.807, 2.05) is 11.8 Å². The molecule has 1 aliphatic rings. The van der Waals surface area contributed by atoms with Crippen molar-refractivity contribution in [3.05, 3.63) is 0 Å². The van der Waals surface area contributed by atoms with Crippen molar-refractivity contribution in [3.63, 3.8) is 0 Å². The van der Waals surface area contributed by atoms with Gasteiger partial charge in [-0.1, -0.05) is 13.3 Å². The first-order valence-corrected chi connectivity index (χ1v) is 5.68. The third-order valence-electron chi connectivity index (χ3n) is 3.03. The maximum Gasteiger partial charge on any atom is 0.320 e. The van der Waals surface area contributed by atoms with E-state index >= 15 is 0 Å². The summed E-state index contributed by atoms with van der Waals surface area (Å²) in [7, 11) is 1.70. The van der Waals surface area contributed by atoms with Crippen molar-refractivity contribution >= 4 is 5.97 Å². The van der Waals surface area contributed by atoms with Gasteiger partial charge in [0.05, 0.1) is 6.10 Å². The fourth-order valence-corrected chi connectivity index (χ4v) is 2.18. The van der Waals surface area contributed by atoms with Crippen molar-refractivity contribution in [1.29, 1.82) is 0 Å². The molecule has 0 aromatic heterocycles. The van der Waals surface area contributed by atoms with E-state index < -0.39 is 5.97 Å². The smallest absolute Gasteiger partial charge is 0.320 e. The molecule has 88 valence electrons. The SMILES string of the molecule is CCCC(C(=O)O)N1CCCC(OC)C1. The zero-order valence-corrected chi connectivity index (χ0v) is 9.61. The van der Waals surface area contributed by atoms with E-state index in [2.05, 4.69) is 0 Å². The first-order chi connectivity index (χ1) is 7.19. The zero-order valence-electron chi connectivity index (χ0n) is 9.61. The van der Waals surface area contributed by atoms with Crippen LogP contribution in [-0.4, -0.2) is 48.3 Å². The number of rotatable bonds is 5. The second kappa shape index (κ2) is 6.08. The van der Waals surface area contributed by atoms with Gasteiger partial charge in [0.25, 0.3) is 0 Å². The predicted octanol–water partition coefficient (Wildman–Crippen LogP) is 1.35. The Morgan fingerprint density at radius 2 is 2.40 bits per heavy atom. The number of aliphatic carboxylic acids is 1. The second-order valence-electron chi connectivity index (χ2n) is 4.14. The average molecular weight is 215 g/mol. The van der Waals surface area contributed by atoms with Crippen molar-refractivity contribution in [3.8, 4) is 0 Å². The monoisotopic (exact) mass is 215 g/mol. The Morgan fingerprint density at radius 3 is 2.93 bits per heavy atom. The fourth-order valence-electron chi connectivity index (χ4n) is 2.18. The number of carbonyl (C=O) groups is 1. The van der Waals surface area contributed by atoms with Crippen molar-refractivity contribution in [2.75, 3.05) is 20.2 Å². The van der Waals surface area contributed by atoms with Crippen LogP contribution in [0.5, 0.6) is 0 Å². The molecule has 0 aromatic rings. The lowest BCUT2D eigenvalue weighted by molar-refractivity contribution is -0.145. The number of nitrogens with zero attached hydrogens (tertiary/aromatic N) is 1. The molecule has 1 N–H and O–H groups in total. The number of ether oxygens (including phenoxy) is 1. The van der Waals surface area contributed by atoms with Crippen molar-refractivity contribution in [2.45, 2.75) is 44.8 Å². The summed E-state index contributed by atoms with van der Waals surface area (Å²) in [6, 6.07) is -0.326. The van der Waals surface area contributed by atoms with Gasteiger partial charge in [0, 0.05) is 13.7 Å². The Bertz CT molecular complexity index is 208. The molecule has 1 saturated heterocycles. The van der Waals surface area contributed by atoms with Gasteiger partial charge in [0.2, 0.25) is 0 Å². The lowest BCUT2D eigenvalue weighted by Gasteiger charge is -2.35. The normalized spacial score (nSPS) is 25.1. The molecule has 1 aliphatic heterocycles. The van der Waals surface area contributed by atoms with Crippen LogP contribution in [0.1, 0.15) is 32.6 Å². The standard InChI is InChI=1S/C11H21NO3/c1-3-5-10(11(13)14)12-7-4-6-9(8-12)15-2/h9-10H,3-8H2,1-2H3,(H,13,14). The summed E-state index contributed by atoms with van der Waals surface area (Å²) in [6.07, 6.45) is 3.92. The molecule has 0 spiro atoms. The zero-order chi connectivity index (χ0) is 11.3. The largest absolute Gasteiger partial charge is 0.480 e. The quantitative estimate of drug-likeness (QED) is 0.752. The van der Waals surface area contributed by atoms with Gasteiger partial charge in [-0.05, 0) is 25.8 Å². The van der Waals surface area contributed by atoms with Crippen LogP contribution < -0.4 is 0 Å². The minimum atomic E-state index is -0.700. The van der Waals surface area contributed by atoms with Crippen LogP contribution in [0, 0.1) is 0 Å². The predicted molar refractivity (Wildman–Crippen MR) is 57.9 cm³/mol. The highest BCUT2D eigenvalue weighted by molar-refractivity contribution is 5.73. The molecule has 4 nitrogen and oxygen atoms in total. The number of methoxy groups -OCH3 is 1. The van der Waals surface area contributed by atoms with Gasteiger partial charge in [-0.15, -0.1) is 0 Å². The third kappa shape index (κ3) is 3.47. The molecule has 0 saturated carbocycles. The van der Waals surface area contributed by atoms with Gasteiger partial charge < -0.3 is 9.84 Å². The Morgan fingerprint density at radius 1 is 1.67 bits per heavy atom.